The molecule has 24 heavy (non-hydrogen) atoms. The van der Waals surface area contributed by atoms with Gasteiger partial charge in [0.05, 0.1) is 0 Å². The van der Waals surface area contributed by atoms with Crippen molar-refractivity contribution in [2.45, 2.75) is 39.5 Å². The van der Waals surface area contributed by atoms with Gasteiger partial charge in [-0.1, -0.05) is 57.2 Å². The molecule has 0 aliphatic heterocycles. The maximum Gasteiger partial charge on any atom is 0.264 e. The van der Waals surface area contributed by atoms with Crippen LogP contribution in [0.1, 0.15) is 61.0 Å². The van der Waals surface area contributed by atoms with Gasteiger partial charge < -0.3 is 5.32 Å². The molecule has 4 heteroatoms. The largest absolute Gasteiger partial charge is 0.322 e. The minimum absolute atomic E-state index is 0.0128. The Labute approximate surface area is 141 Å². The van der Waals surface area contributed by atoms with Crippen LogP contribution in [-0.4, -0.2) is 5.91 Å². The summed E-state index contributed by atoms with van der Waals surface area (Å²) in [5.41, 5.74) is 1.47. The maximum absolute atomic E-state index is 13.1. The predicted octanol–water partition coefficient (Wildman–Crippen LogP) is 6.03. The standard InChI is InChI=1S/C20H23F2NO/c1-13(2)12-14(3)15-8-6-7-11-18(15)23-20(24)17-10-5-4-9-16(17)19(21)22/h4-11,13-14,19H,12H2,1-3H3,(H,23,24). The summed E-state index contributed by atoms with van der Waals surface area (Å²) in [5.74, 6) is 0.297. The van der Waals surface area contributed by atoms with Crippen molar-refractivity contribution in [3.63, 3.8) is 0 Å². The summed E-state index contributed by atoms with van der Waals surface area (Å²) < 4.78 is 26.2. The molecule has 2 rings (SSSR count). The highest BCUT2D eigenvalue weighted by Gasteiger charge is 2.19. The van der Waals surface area contributed by atoms with Crippen molar-refractivity contribution >= 4 is 11.6 Å². The molecule has 2 nitrogen and oxygen atoms in total. The van der Waals surface area contributed by atoms with Gasteiger partial charge in [-0.15, -0.1) is 0 Å². The van der Waals surface area contributed by atoms with Crippen LogP contribution in [0.15, 0.2) is 48.5 Å². The Balaban J connectivity index is 2.27. The Morgan fingerprint density at radius 2 is 1.54 bits per heavy atom. The van der Waals surface area contributed by atoms with Gasteiger partial charge >= 0.3 is 0 Å². The third-order valence-electron chi connectivity index (χ3n) is 4.01. The van der Waals surface area contributed by atoms with E-state index in [1.54, 1.807) is 6.07 Å². The molecule has 1 atom stereocenters. The second kappa shape index (κ2) is 8.04. The smallest absolute Gasteiger partial charge is 0.264 e. The molecule has 0 bridgehead atoms. The molecule has 1 unspecified atom stereocenters. The molecule has 0 saturated carbocycles. The fraction of sp³-hybridized carbons (Fsp3) is 0.350. The summed E-state index contributed by atoms with van der Waals surface area (Å²) in [5, 5.41) is 2.80. The fourth-order valence-electron chi connectivity index (χ4n) is 2.96. The number of para-hydroxylation sites is 1. The summed E-state index contributed by atoms with van der Waals surface area (Å²) in [6.07, 6.45) is -1.69. The van der Waals surface area contributed by atoms with Gasteiger partial charge in [0.2, 0.25) is 0 Å². The first-order valence-electron chi connectivity index (χ1n) is 8.17. The Morgan fingerprint density at radius 3 is 2.17 bits per heavy atom. The molecule has 0 saturated heterocycles. The second-order valence-electron chi connectivity index (χ2n) is 6.46. The average molecular weight is 331 g/mol. The maximum atomic E-state index is 13.1. The summed E-state index contributed by atoms with van der Waals surface area (Å²) in [7, 11) is 0. The van der Waals surface area contributed by atoms with Crippen LogP contribution in [0.2, 0.25) is 0 Å². The average Bonchev–Trinajstić information content (AvgIpc) is 2.54. The van der Waals surface area contributed by atoms with Gasteiger partial charge in [0.25, 0.3) is 12.3 Å². The first-order valence-corrected chi connectivity index (χ1v) is 8.17. The normalized spacial score (nSPS) is 12.5. The number of carbonyl (C=O) groups is 1. The molecule has 0 aromatic heterocycles. The van der Waals surface area contributed by atoms with E-state index in [1.807, 2.05) is 24.3 Å². The van der Waals surface area contributed by atoms with E-state index in [1.165, 1.54) is 18.2 Å². The molecule has 128 valence electrons. The molecule has 1 amide bonds. The van der Waals surface area contributed by atoms with Crippen molar-refractivity contribution in [1.82, 2.24) is 0 Å². The van der Waals surface area contributed by atoms with Crippen LogP contribution in [0.4, 0.5) is 14.5 Å². The van der Waals surface area contributed by atoms with E-state index in [2.05, 4.69) is 26.1 Å². The van der Waals surface area contributed by atoms with E-state index in [0.29, 0.717) is 11.6 Å². The van der Waals surface area contributed by atoms with Crippen LogP contribution in [0.5, 0.6) is 0 Å². The van der Waals surface area contributed by atoms with Crippen LogP contribution < -0.4 is 5.32 Å². The highest BCUT2D eigenvalue weighted by molar-refractivity contribution is 6.05. The lowest BCUT2D eigenvalue weighted by Gasteiger charge is -2.19. The number of alkyl halides is 2. The molecular weight excluding hydrogens is 308 g/mol. The predicted molar refractivity (Wildman–Crippen MR) is 93.7 cm³/mol. The van der Waals surface area contributed by atoms with Crippen LogP contribution in [0.3, 0.4) is 0 Å². The molecule has 1 N–H and O–H groups in total. The lowest BCUT2D eigenvalue weighted by atomic mass is 9.91. The van der Waals surface area contributed by atoms with Crippen molar-refractivity contribution in [1.29, 1.82) is 0 Å². The Hall–Kier alpha value is -2.23. The number of benzene rings is 2. The number of nitrogens with one attached hydrogen (secondary N) is 1. The lowest BCUT2D eigenvalue weighted by molar-refractivity contribution is 0.101. The Kier molecular flexibility index (Phi) is 6.07. The highest BCUT2D eigenvalue weighted by Crippen LogP contribution is 2.30. The van der Waals surface area contributed by atoms with E-state index < -0.39 is 12.3 Å². The zero-order valence-corrected chi connectivity index (χ0v) is 14.2. The van der Waals surface area contributed by atoms with E-state index in [9.17, 15) is 13.6 Å². The number of amides is 1. The number of carbonyl (C=O) groups excluding carboxylic acids is 1. The van der Waals surface area contributed by atoms with Gasteiger partial charge in [-0.25, -0.2) is 8.78 Å². The van der Waals surface area contributed by atoms with Crippen molar-refractivity contribution in [2.24, 2.45) is 5.92 Å². The van der Waals surface area contributed by atoms with Crippen molar-refractivity contribution in [3.05, 3.63) is 65.2 Å². The van der Waals surface area contributed by atoms with E-state index in [4.69, 9.17) is 0 Å². The van der Waals surface area contributed by atoms with Crippen molar-refractivity contribution in [2.75, 3.05) is 5.32 Å². The first kappa shape index (κ1) is 18.1. The van der Waals surface area contributed by atoms with Crippen LogP contribution in [-0.2, 0) is 0 Å². The van der Waals surface area contributed by atoms with Crippen molar-refractivity contribution < 1.29 is 13.6 Å². The van der Waals surface area contributed by atoms with Gasteiger partial charge in [-0.2, -0.15) is 0 Å². The molecule has 0 aliphatic carbocycles. The van der Waals surface area contributed by atoms with Crippen LogP contribution in [0.25, 0.3) is 0 Å². The molecule has 2 aromatic rings. The number of hydrogen-bond acceptors (Lipinski definition) is 1. The van der Waals surface area contributed by atoms with Crippen molar-refractivity contribution in [3.8, 4) is 0 Å². The Bertz CT molecular complexity index is 698. The Morgan fingerprint density at radius 1 is 0.958 bits per heavy atom. The topological polar surface area (TPSA) is 29.1 Å². The highest BCUT2D eigenvalue weighted by atomic mass is 19.3. The summed E-state index contributed by atoms with van der Waals surface area (Å²) in [6, 6.07) is 13.4. The molecular formula is C20H23F2NO. The first-order chi connectivity index (χ1) is 11.4. The van der Waals surface area contributed by atoms with Crippen LogP contribution in [0, 0.1) is 5.92 Å². The molecule has 0 aliphatic rings. The van der Waals surface area contributed by atoms with Gasteiger partial charge in [-0.3, -0.25) is 4.79 Å². The second-order valence-corrected chi connectivity index (χ2v) is 6.46. The third kappa shape index (κ3) is 4.40. The minimum atomic E-state index is -2.68. The van der Waals surface area contributed by atoms with E-state index in [0.717, 1.165) is 12.0 Å². The third-order valence-corrected chi connectivity index (χ3v) is 4.01. The summed E-state index contributed by atoms with van der Waals surface area (Å²) in [4.78, 5) is 12.5. The van der Waals surface area contributed by atoms with Gasteiger partial charge in [-0.05, 0) is 36.0 Å². The van der Waals surface area contributed by atoms with E-state index >= 15 is 0 Å². The lowest BCUT2D eigenvalue weighted by Crippen LogP contribution is -2.16. The molecule has 0 radical (unpaired) electrons. The van der Waals surface area contributed by atoms with Gasteiger partial charge in [0.15, 0.2) is 0 Å². The monoisotopic (exact) mass is 331 g/mol. The number of halogens is 2. The quantitative estimate of drug-likeness (QED) is 0.688. The number of hydrogen-bond donors (Lipinski definition) is 1. The molecule has 0 heterocycles. The van der Waals surface area contributed by atoms with Gasteiger partial charge in [0, 0.05) is 16.8 Å². The zero-order chi connectivity index (χ0) is 17.7. The summed E-state index contributed by atoms with van der Waals surface area (Å²) in [6.45, 7) is 6.41. The minimum Gasteiger partial charge on any atom is -0.322 e. The molecule has 2 aromatic carbocycles. The molecule has 0 fully saturated rings. The van der Waals surface area contributed by atoms with Crippen LogP contribution >= 0.6 is 0 Å². The zero-order valence-electron chi connectivity index (χ0n) is 14.2. The van der Waals surface area contributed by atoms with E-state index in [-0.39, 0.29) is 17.0 Å². The SMILES string of the molecule is CC(C)CC(C)c1ccccc1NC(=O)c1ccccc1C(F)F. The number of rotatable bonds is 6. The summed E-state index contributed by atoms with van der Waals surface area (Å²) >= 11 is 0. The number of anilines is 1. The molecule has 0 spiro atoms. The fourth-order valence-corrected chi connectivity index (χ4v) is 2.96. The van der Waals surface area contributed by atoms with Gasteiger partial charge in [0.1, 0.15) is 0 Å².